The minimum absolute atomic E-state index is 0.157. The van der Waals surface area contributed by atoms with E-state index in [1.807, 2.05) is 41.5 Å². The molecule has 0 aromatic heterocycles. The number of carbonyl (C=O) groups excluding carboxylic acids is 2. The lowest BCUT2D eigenvalue weighted by Gasteiger charge is -2.38. The molecule has 0 rings (SSSR count). The van der Waals surface area contributed by atoms with Crippen LogP contribution < -0.4 is 0 Å². The lowest BCUT2D eigenvalue weighted by atomic mass is 9.62. The Morgan fingerprint density at radius 3 is 1.14 bits per heavy atom. The minimum atomic E-state index is -0.561. The van der Waals surface area contributed by atoms with Crippen molar-refractivity contribution in [3.63, 3.8) is 0 Å². The van der Waals surface area contributed by atoms with E-state index in [-0.39, 0.29) is 11.6 Å². The lowest BCUT2D eigenvalue weighted by Crippen LogP contribution is -2.44. The quantitative estimate of drug-likeness (QED) is 0.680. The lowest BCUT2D eigenvalue weighted by molar-refractivity contribution is -0.144. The van der Waals surface area contributed by atoms with E-state index >= 15 is 0 Å². The molecule has 0 amide bonds. The molecule has 0 bridgehead atoms. The van der Waals surface area contributed by atoms with Gasteiger partial charge in [-0.2, -0.15) is 0 Å². The second-order valence-corrected chi connectivity index (χ2v) is 4.80. The number of carbonyl (C=O) groups is 2. The molecule has 2 heteroatoms. The van der Waals surface area contributed by atoms with Crippen molar-refractivity contribution in [1.29, 1.82) is 0 Å². The topological polar surface area (TPSA) is 34.1 Å². The molecule has 0 aliphatic heterocycles. The van der Waals surface area contributed by atoms with Crippen LogP contribution in [0.25, 0.3) is 0 Å². The molecule has 2 nitrogen and oxygen atoms in total. The largest absolute Gasteiger partial charge is 0.299 e. The SMILES string of the molecule is CCC(=O)C(C)(C)C(C)(C)C(=O)CC. The van der Waals surface area contributed by atoms with Crippen LogP contribution in [0.1, 0.15) is 54.4 Å². The molecule has 0 N–H and O–H groups in total. The van der Waals surface area contributed by atoms with Gasteiger partial charge in [0.05, 0.1) is 0 Å². The first kappa shape index (κ1) is 13.3. The van der Waals surface area contributed by atoms with Crippen molar-refractivity contribution in [2.75, 3.05) is 0 Å². The van der Waals surface area contributed by atoms with Crippen LogP contribution in [-0.2, 0) is 9.59 Å². The highest BCUT2D eigenvalue weighted by atomic mass is 16.1. The van der Waals surface area contributed by atoms with Gasteiger partial charge in [0.1, 0.15) is 11.6 Å². The Morgan fingerprint density at radius 1 is 0.786 bits per heavy atom. The second-order valence-electron chi connectivity index (χ2n) is 4.80. The van der Waals surface area contributed by atoms with Crippen molar-refractivity contribution in [1.82, 2.24) is 0 Å². The molecule has 82 valence electrons. The average molecular weight is 198 g/mol. The Bertz CT molecular complexity index is 211. The van der Waals surface area contributed by atoms with E-state index in [0.717, 1.165) is 0 Å². The standard InChI is InChI=1S/C12H22O2/c1-7-9(13)11(3,4)12(5,6)10(14)8-2/h7-8H2,1-6H3. The fraction of sp³-hybridized carbons (Fsp3) is 0.833. The van der Waals surface area contributed by atoms with E-state index in [1.54, 1.807) is 0 Å². The molecule has 14 heavy (non-hydrogen) atoms. The second kappa shape index (κ2) is 4.24. The van der Waals surface area contributed by atoms with Crippen LogP contribution in [0.5, 0.6) is 0 Å². The molecule has 0 fully saturated rings. The molecule has 0 atom stereocenters. The number of hydrogen-bond donors (Lipinski definition) is 0. The number of rotatable bonds is 5. The van der Waals surface area contributed by atoms with Crippen LogP contribution in [0.15, 0.2) is 0 Å². The summed E-state index contributed by atoms with van der Waals surface area (Å²) in [6.45, 7) is 11.2. The maximum atomic E-state index is 11.7. The van der Waals surface area contributed by atoms with Gasteiger partial charge in [-0.15, -0.1) is 0 Å². The third kappa shape index (κ3) is 2.05. The zero-order valence-corrected chi connectivity index (χ0v) is 10.2. The Hall–Kier alpha value is -0.660. The first-order valence-electron chi connectivity index (χ1n) is 5.28. The molecule has 0 aromatic rings. The van der Waals surface area contributed by atoms with Gasteiger partial charge in [-0.1, -0.05) is 41.5 Å². The van der Waals surface area contributed by atoms with Crippen LogP contribution in [0.3, 0.4) is 0 Å². The van der Waals surface area contributed by atoms with Gasteiger partial charge in [-0.25, -0.2) is 0 Å². The molecule has 0 unspecified atom stereocenters. The summed E-state index contributed by atoms with van der Waals surface area (Å²) >= 11 is 0. The molecule has 0 aliphatic rings. The van der Waals surface area contributed by atoms with E-state index in [9.17, 15) is 9.59 Å². The molecule has 0 spiro atoms. The van der Waals surface area contributed by atoms with Gasteiger partial charge in [0.15, 0.2) is 0 Å². The molecule has 0 radical (unpaired) electrons. The third-order valence-corrected chi connectivity index (χ3v) is 3.60. The molecule has 0 saturated carbocycles. The maximum absolute atomic E-state index is 11.7. The van der Waals surface area contributed by atoms with Crippen LogP contribution in [0.4, 0.5) is 0 Å². The first-order valence-corrected chi connectivity index (χ1v) is 5.28. The normalized spacial score (nSPS) is 12.7. The van der Waals surface area contributed by atoms with Gasteiger partial charge in [-0.05, 0) is 0 Å². The summed E-state index contributed by atoms with van der Waals surface area (Å²) in [6.07, 6.45) is 0.987. The van der Waals surface area contributed by atoms with Crippen molar-refractivity contribution in [2.24, 2.45) is 10.8 Å². The summed E-state index contributed by atoms with van der Waals surface area (Å²) < 4.78 is 0. The van der Waals surface area contributed by atoms with Gasteiger partial charge >= 0.3 is 0 Å². The van der Waals surface area contributed by atoms with E-state index in [4.69, 9.17) is 0 Å². The monoisotopic (exact) mass is 198 g/mol. The number of hydrogen-bond acceptors (Lipinski definition) is 2. The summed E-state index contributed by atoms with van der Waals surface area (Å²) in [4.78, 5) is 23.5. The van der Waals surface area contributed by atoms with Crippen LogP contribution in [-0.4, -0.2) is 11.6 Å². The van der Waals surface area contributed by atoms with E-state index in [0.29, 0.717) is 12.8 Å². The maximum Gasteiger partial charge on any atom is 0.139 e. The molecule has 0 aliphatic carbocycles. The van der Waals surface area contributed by atoms with Gasteiger partial charge in [0.2, 0.25) is 0 Å². The Kier molecular flexibility index (Phi) is 4.04. The van der Waals surface area contributed by atoms with Crippen LogP contribution in [0, 0.1) is 10.8 Å². The highest BCUT2D eigenvalue weighted by Crippen LogP contribution is 2.41. The average Bonchev–Trinajstić information content (AvgIpc) is 2.14. The zero-order chi connectivity index (χ0) is 11.6. The minimum Gasteiger partial charge on any atom is -0.299 e. The van der Waals surface area contributed by atoms with Crippen molar-refractivity contribution in [3.8, 4) is 0 Å². The molecular formula is C12H22O2. The summed E-state index contributed by atoms with van der Waals surface area (Å²) in [5.41, 5.74) is -1.12. The van der Waals surface area contributed by atoms with Crippen LogP contribution in [0.2, 0.25) is 0 Å². The summed E-state index contributed by atoms with van der Waals surface area (Å²) in [6, 6.07) is 0. The molecular weight excluding hydrogens is 176 g/mol. The van der Waals surface area contributed by atoms with Gasteiger partial charge in [0, 0.05) is 23.7 Å². The van der Waals surface area contributed by atoms with Gasteiger partial charge in [0.25, 0.3) is 0 Å². The highest BCUT2D eigenvalue weighted by Gasteiger charge is 2.45. The summed E-state index contributed by atoms with van der Waals surface area (Å²) in [5.74, 6) is 0.314. The molecule has 0 heterocycles. The predicted octanol–water partition coefficient (Wildman–Crippen LogP) is 3.00. The molecule has 0 aromatic carbocycles. The fourth-order valence-corrected chi connectivity index (χ4v) is 1.58. The Labute approximate surface area is 87.1 Å². The smallest absolute Gasteiger partial charge is 0.139 e. The van der Waals surface area contributed by atoms with E-state index in [2.05, 4.69) is 0 Å². The fourth-order valence-electron chi connectivity index (χ4n) is 1.58. The zero-order valence-electron chi connectivity index (χ0n) is 10.2. The Balaban J connectivity index is 5.06. The summed E-state index contributed by atoms with van der Waals surface area (Å²) in [7, 11) is 0. The van der Waals surface area contributed by atoms with Crippen molar-refractivity contribution in [2.45, 2.75) is 54.4 Å². The van der Waals surface area contributed by atoms with Gasteiger partial charge < -0.3 is 0 Å². The first-order chi connectivity index (χ1) is 6.21. The van der Waals surface area contributed by atoms with Crippen LogP contribution >= 0.6 is 0 Å². The molecule has 0 saturated heterocycles. The predicted molar refractivity (Wildman–Crippen MR) is 58.2 cm³/mol. The summed E-state index contributed by atoms with van der Waals surface area (Å²) in [5, 5.41) is 0. The van der Waals surface area contributed by atoms with Gasteiger partial charge in [-0.3, -0.25) is 9.59 Å². The van der Waals surface area contributed by atoms with E-state index < -0.39 is 10.8 Å². The number of ketones is 2. The van der Waals surface area contributed by atoms with Crippen molar-refractivity contribution < 1.29 is 9.59 Å². The van der Waals surface area contributed by atoms with Crippen molar-refractivity contribution >= 4 is 11.6 Å². The third-order valence-electron chi connectivity index (χ3n) is 3.60. The Morgan fingerprint density at radius 2 is 1.00 bits per heavy atom. The highest BCUT2D eigenvalue weighted by molar-refractivity contribution is 5.94. The number of Topliss-reactive ketones (excluding diaryl/α,β-unsaturated/α-hetero) is 2. The van der Waals surface area contributed by atoms with Crippen molar-refractivity contribution in [3.05, 3.63) is 0 Å². The van der Waals surface area contributed by atoms with E-state index in [1.165, 1.54) is 0 Å².